The van der Waals surface area contributed by atoms with Gasteiger partial charge in [-0.25, -0.2) is 17.8 Å². The zero-order valence-electron chi connectivity index (χ0n) is 10.7. The summed E-state index contributed by atoms with van der Waals surface area (Å²) in [5.41, 5.74) is 2.51. The van der Waals surface area contributed by atoms with E-state index < -0.39 is 10.0 Å². The molecule has 0 saturated carbocycles. The summed E-state index contributed by atoms with van der Waals surface area (Å²) < 4.78 is 28.6. The van der Waals surface area contributed by atoms with Crippen molar-refractivity contribution in [3.05, 3.63) is 40.0 Å². The monoisotopic (exact) mass is 356 g/mol. The first kappa shape index (κ1) is 13.7. The van der Waals surface area contributed by atoms with Crippen LogP contribution >= 0.6 is 15.9 Å². The number of benzene rings is 1. The van der Waals surface area contributed by atoms with E-state index in [1.165, 1.54) is 15.8 Å². The second-order valence-corrected chi connectivity index (χ2v) is 7.19. The fourth-order valence-electron chi connectivity index (χ4n) is 2.43. The Hall–Kier alpha value is -1.25. The Balaban J connectivity index is 1.74. The standard InChI is InChI=1S/C12H13BrN4O2S/c1-17-12(11(13)15-16-17)20(18,19)14-7-9-6-8-4-2-3-5-10(8)9/h2-5,9,14H,6-7H2,1H3. The molecular formula is C12H13BrN4O2S. The van der Waals surface area contributed by atoms with Crippen molar-refractivity contribution in [3.8, 4) is 0 Å². The van der Waals surface area contributed by atoms with Crippen molar-refractivity contribution in [2.24, 2.45) is 7.05 Å². The molecular weight excluding hydrogens is 344 g/mol. The van der Waals surface area contributed by atoms with Gasteiger partial charge in [-0.15, -0.1) is 5.10 Å². The molecule has 1 aromatic heterocycles. The molecule has 20 heavy (non-hydrogen) atoms. The Morgan fingerprint density at radius 3 is 2.85 bits per heavy atom. The largest absolute Gasteiger partial charge is 0.260 e. The molecule has 0 aliphatic heterocycles. The minimum absolute atomic E-state index is 0.0464. The Morgan fingerprint density at radius 2 is 2.20 bits per heavy atom. The van der Waals surface area contributed by atoms with Crippen LogP contribution in [0.2, 0.25) is 0 Å². The second kappa shape index (κ2) is 4.94. The lowest BCUT2D eigenvalue weighted by atomic mass is 9.78. The van der Waals surface area contributed by atoms with E-state index in [0.717, 1.165) is 6.42 Å². The molecule has 0 radical (unpaired) electrons. The second-order valence-electron chi connectivity index (χ2n) is 4.76. The molecule has 0 bridgehead atoms. The van der Waals surface area contributed by atoms with E-state index >= 15 is 0 Å². The molecule has 106 valence electrons. The van der Waals surface area contributed by atoms with Crippen molar-refractivity contribution in [2.75, 3.05) is 6.54 Å². The van der Waals surface area contributed by atoms with Crippen LogP contribution in [0.5, 0.6) is 0 Å². The van der Waals surface area contributed by atoms with Crippen LogP contribution in [0.1, 0.15) is 17.0 Å². The quantitative estimate of drug-likeness (QED) is 0.892. The molecule has 0 saturated heterocycles. The lowest BCUT2D eigenvalue weighted by Gasteiger charge is -2.30. The number of hydrogen-bond acceptors (Lipinski definition) is 4. The van der Waals surface area contributed by atoms with E-state index in [0.29, 0.717) is 6.54 Å². The molecule has 1 atom stereocenters. The fraction of sp³-hybridized carbons (Fsp3) is 0.333. The normalized spacial score (nSPS) is 17.6. The van der Waals surface area contributed by atoms with Crippen molar-refractivity contribution in [2.45, 2.75) is 17.4 Å². The van der Waals surface area contributed by atoms with Crippen molar-refractivity contribution < 1.29 is 8.42 Å². The highest BCUT2D eigenvalue weighted by atomic mass is 79.9. The van der Waals surface area contributed by atoms with Crippen LogP contribution in [-0.4, -0.2) is 30.0 Å². The highest BCUT2D eigenvalue weighted by Gasteiger charge is 2.29. The zero-order valence-corrected chi connectivity index (χ0v) is 13.1. The van der Waals surface area contributed by atoms with Gasteiger partial charge in [0, 0.05) is 19.5 Å². The number of halogens is 1. The Bertz CT molecular complexity index is 737. The third kappa shape index (κ3) is 2.27. The summed E-state index contributed by atoms with van der Waals surface area (Å²) >= 11 is 3.10. The first-order chi connectivity index (χ1) is 9.49. The third-order valence-corrected chi connectivity index (χ3v) is 5.78. The topological polar surface area (TPSA) is 76.9 Å². The molecule has 6 nitrogen and oxygen atoms in total. The zero-order chi connectivity index (χ0) is 14.3. The van der Waals surface area contributed by atoms with Gasteiger partial charge in [0.1, 0.15) is 0 Å². The van der Waals surface area contributed by atoms with Crippen molar-refractivity contribution in [3.63, 3.8) is 0 Å². The van der Waals surface area contributed by atoms with Crippen LogP contribution in [0.3, 0.4) is 0 Å². The number of rotatable bonds is 4. The van der Waals surface area contributed by atoms with E-state index in [4.69, 9.17) is 0 Å². The molecule has 2 aromatic rings. The van der Waals surface area contributed by atoms with Gasteiger partial charge in [-0.1, -0.05) is 29.5 Å². The first-order valence-electron chi connectivity index (χ1n) is 6.11. The molecule has 0 fully saturated rings. The van der Waals surface area contributed by atoms with Gasteiger partial charge >= 0.3 is 0 Å². The number of nitrogens with one attached hydrogen (secondary N) is 1. The highest BCUT2D eigenvalue weighted by molar-refractivity contribution is 9.10. The average molecular weight is 357 g/mol. The van der Waals surface area contributed by atoms with E-state index in [2.05, 4.69) is 37.0 Å². The van der Waals surface area contributed by atoms with Gasteiger partial charge in [-0.05, 0) is 33.5 Å². The van der Waals surface area contributed by atoms with Crippen LogP contribution in [0.25, 0.3) is 0 Å². The summed E-state index contributed by atoms with van der Waals surface area (Å²) in [7, 11) is -2.06. The summed E-state index contributed by atoms with van der Waals surface area (Å²) in [4.78, 5) is 0. The van der Waals surface area contributed by atoms with Gasteiger partial charge < -0.3 is 0 Å². The summed E-state index contributed by atoms with van der Waals surface area (Å²) in [5, 5.41) is 7.42. The van der Waals surface area contributed by atoms with Gasteiger partial charge in [-0.3, -0.25) is 0 Å². The van der Waals surface area contributed by atoms with Gasteiger partial charge in [0.15, 0.2) is 4.60 Å². The average Bonchev–Trinajstić information content (AvgIpc) is 2.70. The first-order valence-corrected chi connectivity index (χ1v) is 8.39. The summed E-state index contributed by atoms with van der Waals surface area (Å²) in [6, 6.07) is 8.08. The molecule has 1 aromatic carbocycles. The smallest absolute Gasteiger partial charge is 0.235 e. The third-order valence-electron chi connectivity index (χ3n) is 3.47. The number of fused-ring (bicyclic) bond motifs is 1. The van der Waals surface area contributed by atoms with E-state index in [1.54, 1.807) is 7.05 Å². The molecule has 8 heteroatoms. The van der Waals surface area contributed by atoms with Crippen LogP contribution in [-0.2, 0) is 23.5 Å². The molecule has 1 aliphatic rings. The van der Waals surface area contributed by atoms with E-state index in [9.17, 15) is 8.42 Å². The van der Waals surface area contributed by atoms with E-state index in [1.807, 2.05) is 18.2 Å². The molecule has 1 heterocycles. The molecule has 1 N–H and O–H groups in total. The van der Waals surface area contributed by atoms with Crippen LogP contribution in [0, 0.1) is 0 Å². The highest BCUT2D eigenvalue weighted by Crippen LogP contribution is 2.34. The Morgan fingerprint density at radius 1 is 1.45 bits per heavy atom. The van der Waals surface area contributed by atoms with Gasteiger partial charge in [0.2, 0.25) is 5.03 Å². The lowest BCUT2D eigenvalue weighted by Crippen LogP contribution is -2.34. The fourth-order valence-corrected chi connectivity index (χ4v) is 4.60. The van der Waals surface area contributed by atoms with Crippen LogP contribution in [0.15, 0.2) is 33.9 Å². The van der Waals surface area contributed by atoms with Crippen molar-refractivity contribution in [1.29, 1.82) is 0 Å². The molecule has 1 unspecified atom stereocenters. The lowest BCUT2D eigenvalue weighted by molar-refractivity contribution is 0.539. The van der Waals surface area contributed by atoms with Crippen molar-refractivity contribution >= 4 is 26.0 Å². The maximum atomic E-state index is 12.2. The Kier molecular flexibility index (Phi) is 3.39. The maximum absolute atomic E-state index is 12.2. The predicted octanol–water partition coefficient (Wildman–Crippen LogP) is 1.20. The Labute approximate surface area is 125 Å². The van der Waals surface area contributed by atoms with Crippen molar-refractivity contribution in [1.82, 2.24) is 19.7 Å². The minimum Gasteiger partial charge on any atom is -0.235 e. The summed E-state index contributed by atoms with van der Waals surface area (Å²) in [6.07, 6.45) is 0.906. The van der Waals surface area contributed by atoms with Gasteiger partial charge in [0.25, 0.3) is 10.0 Å². The number of aromatic nitrogens is 3. The summed E-state index contributed by atoms with van der Waals surface area (Å²) in [6.45, 7) is 0.386. The predicted molar refractivity (Wildman–Crippen MR) is 76.8 cm³/mol. The maximum Gasteiger partial charge on any atom is 0.260 e. The summed E-state index contributed by atoms with van der Waals surface area (Å²) in [5.74, 6) is 0.237. The molecule has 1 aliphatic carbocycles. The van der Waals surface area contributed by atoms with Crippen LogP contribution in [0.4, 0.5) is 0 Å². The molecule has 0 amide bonds. The molecule has 3 rings (SSSR count). The SMILES string of the molecule is Cn1nnc(Br)c1S(=O)(=O)NCC1Cc2ccccc21. The molecule has 0 spiro atoms. The van der Waals surface area contributed by atoms with E-state index in [-0.39, 0.29) is 15.5 Å². The number of nitrogens with zero attached hydrogens (tertiary/aromatic N) is 3. The number of hydrogen-bond donors (Lipinski definition) is 1. The number of sulfonamides is 1. The van der Waals surface area contributed by atoms with Gasteiger partial charge in [0.05, 0.1) is 0 Å². The number of aryl methyl sites for hydroxylation is 1. The minimum atomic E-state index is -3.61. The van der Waals surface area contributed by atoms with Crippen LogP contribution < -0.4 is 4.72 Å². The van der Waals surface area contributed by atoms with Gasteiger partial charge in [-0.2, -0.15) is 0 Å².